The molecule has 0 aliphatic carbocycles. The fraction of sp³-hybridized carbons (Fsp3) is 0.370. The largest absolute Gasteiger partial charge is 0.507 e. The van der Waals surface area contributed by atoms with Crippen LogP contribution in [0.4, 0.5) is 10.5 Å². The van der Waals surface area contributed by atoms with E-state index in [0.29, 0.717) is 16.3 Å². The minimum atomic E-state index is -0.528. The van der Waals surface area contributed by atoms with Crippen molar-refractivity contribution < 1.29 is 19.5 Å². The number of aromatic hydroxyl groups is 1. The first-order valence-corrected chi connectivity index (χ1v) is 12.5. The van der Waals surface area contributed by atoms with Gasteiger partial charge in [0.2, 0.25) is 5.91 Å². The van der Waals surface area contributed by atoms with Gasteiger partial charge in [-0.15, -0.1) is 0 Å². The first kappa shape index (κ1) is 26.8. The van der Waals surface area contributed by atoms with Crippen LogP contribution in [0.1, 0.15) is 63.8 Å². The highest BCUT2D eigenvalue weighted by atomic mass is 35.5. The van der Waals surface area contributed by atoms with Crippen LogP contribution in [0.25, 0.3) is 6.08 Å². The Morgan fingerprint density at radius 3 is 2.14 bits per heavy atom. The number of rotatable bonds is 4. The number of phenols is 1. The van der Waals surface area contributed by atoms with Crippen molar-refractivity contribution in [1.29, 1.82) is 0 Å². The van der Waals surface area contributed by atoms with Gasteiger partial charge in [0, 0.05) is 21.8 Å². The molecule has 0 radical (unpaired) electrons. The number of imide groups is 1. The van der Waals surface area contributed by atoms with Crippen molar-refractivity contribution in [2.75, 3.05) is 11.9 Å². The van der Waals surface area contributed by atoms with E-state index in [1.165, 1.54) is 0 Å². The Balaban J connectivity index is 1.86. The number of carbonyl (C=O) groups excluding carboxylic acids is 3. The Bertz CT molecular complexity index is 1200. The molecule has 1 aliphatic rings. The average molecular weight is 515 g/mol. The first-order valence-electron chi connectivity index (χ1n) is 11.3. The molecule has 1 saturated heterocycles. The Morgan fingerprint density at radius 1 is 1.06 bits per heavy atom. The van der Waals surface area contributed by atoms with E-state index in [2.05, 4.69) is 5.32 Å². The molecular formula is C27H31ClN2O4S. The lowest BCUT2D eigenvalue weighted by Crippen LogP contribution is -2.36. The van der Waals surface area contributed by atoms with Crippen LogP contribution in [0, 0.1) is 6.92 Å². The van der Waals surface area contributed by atoms with Gasteiger partial charge in [-0.25, -0.2) is 0 Å². The fourth-order valence-electron chi connectivity index (χ4n) is 3.69. The van der Waals surface area contributed by atoms with Crippen LogP contribution in [-0.2, 0) is 20.4 Å². The number of nitrogens with zero attached hydrogens (tertiary/aromatic N) is 1. The molecule has 3 amide bonds. The van der Waals surface area contributed by atoms with E-state index >= 15 is 0 Å². The summed E-state index contributed by atoms with van der Waals surface area (Å²) >= 11 is 6.90. The monoisotopic (exact) mass is 514 g/mol. The van der Waals surface area contributed by atoms with Gasteiger partial charge in [0.25, 0.3) is 11.1 Å². The summed E-state index contributed by atoms with van der Waals surface area (Å²) in [5.41, 5.74) is 2.93. The number of benzene rings is 2. The van der Waals surface area contributed by atoms with Crippen LogP contribution in [0.2, 0.25) is 5.02 Å². The van der Waals surface area contributed by atoms with Gasteiger partial charge in [-0.05, 0) is 71.0 Å². The quantitative estimate of drug-likeness (QED) is 0.447. The number of anilines is 1. The van der Waals surface area contributed by atoms with Crippen molar-refractivity contribution in [3.8, 4) is 5.75 Å². The van der Waals surface area contributed by atoms with Crippen LogP contribution in [0.15, 0.2) is 35.2 Å². The van der Waals surface area contributed by atoms with E-state index < -0.39 is 23.6 Å². The summed E-state index contributed by atoms with van der Waals surface area (Å²) in [6.07, 6.45) is 1.65. The molecule has 3 rings (SSSR count). The van der Waals surface area contributed by atoms with Crippen LogP contribution in [-0.4, -0.2) is 33.6 Å². The van der Waals surface area contributed by atoms with Gasteiger partial charge in [0.05, 0.1) is 4.91 Å². The highest BCUT2D eigenvalue weighted by Crippen LogP contribution is 2.41. The van der Waals surface area contributed by atoms with Gasteiger partial charge >= 0.3 is 0 Å². The summed E-state index contributed by atoms with van der Waals surface area (Å²) in [5, 5.41) is 13.6. The number of hydrogen-bond acceptors (Lipinski definition) is 5. The maximum absolute atomic E-state index is 13.0. The van der Waals surface area contributed by atoms with E-state index in [1.54, 1.807) is 24.3 Å². The first-order chi connectivity index (χ1) is 16.1. The fourth-order valence-corrected chi connectivity index (χ4v) is 4.70. The molecule has 0 atom stereocenters. The number of phenolic OH excluding ortho intramolecular Hbond substituents is 1. The van der Waals surface area contributed by atoms with Crippen LogP contribution in [0.5, 0.6) is 5.75 Å². The third-order valence-electron chi connectivity index (χ3n) is 5.68. The lowest BCUT2D eigenvalue weighted by atomic mass is 9.78. The summed E-state index contributed by atoms with van der Waals surface area (Å²) in [7, 11) is 0. The molecule has 186 valence electrons. The third-order valence-corrected chi connectivity index (χ3v) is 6.99. The molecule has 6 nitrogen and oxygen atoms in total. The number of halogens is 1. The number of carbonyl (C=O) groups is 3. The van der Waals surface area contributed by atoms with Crippen LogP contribution < -0.4 is 5.32 Å². The Hall–Kier alpha value is -2.77. The smallest absolute Gasteiger partial charge is 0.294 e. The summed E-state index contributed by atoms with van der Waals surface area (Å²) < 4.78 is 0. The molecule has 0 unspecified atom stereocenters. The van der Waals surface area contributed by atoms with Crippen molar-refractivity contribution in [3.63, 3.8) is 0 Å². The zero-order valence-corrected chi connectivity index (χ0v) is 22.6. The second kappa shape index (κ2) is 9.70. The van der Waals surface area contributed by atoms with E-state index in [0.717, 1.165) is 33.4 Å². The normalized spacial score (nSPS) is 15.8. The molecule has 0 bridgehead atoms. The Labute approximate surface area is 215 Å². The summed E-state index contributed by atoms with van der Waals surface area (Å²) in [5.74, 6) is -0.786. The van der Waals surface area contributed by atoms with Crippen LogP contribution >= 0.6 is 23.4 Å². The van der Waals surface area contributed by atoms with E-state index in [-0.39, 0.29) is 21.5 Å². The maximum atomic E-state index is 13.0. The number of nitrogens with one attached hydrogen (secondary N) is 1. The van der Waals surface area contributed by atoms with E-state index in [1.807, 2.05) is 60.6 Å². The van der Waals surface area contributed by atoms with Gasteiger partial charge < -0.3 is 10.4 Å². The number of thioether (sulfide) groups is 1. The van der Waals surface area contributed by atoms with Crippen molar-refractivity contribution in [2.45, 2.75) is 59.3 Å². The van der Waals surface area contributed by atoms with Crippen molar-refractivity contribution in [2.24, 2.45) is 0 Å². The second-order valence-corrected chi connectivity index (χ2v) is 12.1. The molecule has 2 N–H and O–H groups in total. The molecule has 0 spiro atoms. The van der Waals surface area contributed by atoms with Crippen molar-refractivity contribution >= 4 is 52.2 Å². The zero-order valence-electron chi connectivity index (χ0n) is 21.1. The zero-order chi connectivity index (χ0) is 26.3. The minimum absolute atomic E-state index is 0.228. The molecule has 1 aliphatic heterocycles. The predicted molar refractivity (Wildman–Crippen MR) is 143 cm³/mol. The number of hydrogen-bond donors (Lipinski definition) is 2. The van der Waals surface area contributed by atoms with E-state index in [4.69, 9.17) is 11.6 Å². The maximum Gasteiger partial charge on any atom is 0.294 e. The topological polar surface area (TPSA) is 86.7 Å². The van der Waals surface area contributed by atoms with Gasteiger partial charge in [0.1, 0.15) is 12.3 Å². The Morgan fingerprint density at radius 2 is 1.63 bits per heavy atom. The van der Waals surface area contributed by atoms with Crippen molar-refractivity contribution in [1.82, 2.24) is 4.90 Å². The van der Waals surface area contributed by atoms with Gasteiger partial charge in [-0.2, -0.15) is 0 Å². The Kier molecular flexibility index (Phi) is 7.44. The lowest BCUT2D eigenvalue weighted by molar-refractivity contribution is -0.127. The molecular weight excluding hydrogens is 484 g/mol. The van der Waals surface area contributed by atoms with Gasteiger partial charge in [-0.3, -0.25) is 19.3 Å². The van der Waals surface area contributed by atoms with Crippen molar-refractivity contribution in [3.05, 3.63) is 62.5 Å². The molecule has 2 aromatic rings. The SMILES string of the molecule is Cc1ccc(NC(=O)CN2C(=O)S/C(=C\c3cc(C(C)(C)C)c(O)c(C(C)(C)C)c3)C2=O)cc1Cl. The second-order valence-electron chi connectivity index (χ2n) is 10.7. The van der Waals surface area contributed by atoms with Crippen LogP contribution in [0.3, 0.4) is 0 Å². The summed E-state index contributed by atoms with van der Waals surface area (Å²) in [4.78, 5) is 39.2. The standard InChI is InChI=1S/C27H31ClN2O4S/c1-15-8-9-17(13-20(15)28)29-22(31)14-30-24(33)21(35-25(30)34)12-16-10-18(26(2,3)4)23(32)19(11-16)27(5,6)7/h8-13,32H,14H2,1-7H3,(H,29,31)/b21-12-. The third kappa shape index (κ3) is 6.08. The van der Waals surface area contributed by atoms with Gasteiger partial charge in [0.15, 0.2) is 0 Å². The molecule has 1 heterocycles. The molecule has 35 heavy (non-hydrogen) atoms. The lowest BCUT2D eigenvalue weighted by Gasteiger charge is -2.28. The van der Waals surface area contributed by atoms with E-state index in [9.17, 15) is 19.5 Å². The predicted octanol–water partition coefficient (Wildman–Crippen LogP) is 6.62. The van der Waals surface area contributed by atoms with Gasteiger partial charge in [-0.1, -0.05) is 59.2 Å². The molecule has 1 fully saturated rings. The highest BCUT2D eigenvalue weighted by Gasteiger charge is 2.36. The number of aryl methyl sites for hydroxylation is 1. The summed E-state index contributed by atoms with van der Waals surface area (Å²) in [6, 6.07) is 8.78. The molecule has 8 heteroatoms. The molecule has 2 aromatic carbocycles. The molecule has 0 aromatic heterocycles. The highest BCUT2D eigenvalue weighted by molar-refractivity contribution is 8.18. The average Bonchev–Trinajstić information content (AvgIpc) is 2.97. The minimum Gasteiger partial charge on any atom is -0.507 e. The summed E-state index contributed by atoms with van der Waals surface area (Å²) in [6.45, 7) is 13.5. The molecule has 0 saturated carbocycles. The number of amides is 3.